The molecule has 0 fully saturated rings. The Hall–Kier alpha value is -2.52. The molecule has 0 amide bonds. The van der Waals surface area contributed by atoms with Crippen LogP contribution in [-0.4, -0.2) is 49.0 Å². The van der Waals surface area contributed by atoms with Crippen molar-refractivity contribution < 1.29 is 5.11 Å². The van der Waals surface area contributed by atoms with Gasteiger partial charge in [-0.1, -0.05) is 0 Å². The summed E-state index contributed by atoms with van der Waals surface area (Å²) in [6.45, 7) is 2.78. The van der Waals surface area contributed by atoms with Gasteiger partial charge in [-0.25, -0.2) is 4.99 Å². The van der Waals surface area contributed by atoms with Gasteiger partial charge in [-0.2, -0.15) is 9.47 Å². The number of amidine groups is 2. The SMILES string of the molecule is Cc1cc(NC2=NC(CCCO)=CN3C2=NCC3c2cnn(C)c2)sn1. The number of aryl methyl sites for hydroxylation is 2. The lowest BCUT2D eigenvalue weighted by Crippen LogP contribution is -2.38. The van der Waals surface area contributed by atoms with Crippen molar-refractivity contribution in [3.8, 4) is 0 Å². The zero-order valence-corrected chi connectivity index (χ0v) is 15.6. The van der Waals surface area contributed by atoms with E-state index in [1.807, 2.05) is 38.6 Å². The average molecular weight is 371 g/mol. The highest BCUT2D eigenvalue weighted by Crippen LogP contribution is 2.31. The summed E-state index contributed by atoms with van der Waals surface area (Å²) < 4.78 is 6.12. The van der Waals surface area contributed by atoms with E-state index in [0.717, 1.165) is 33.6 Å². The zero-order valence-electron chi connectivity index (χ0n) is 14.8. The maximum absolute atomic E-state index is 9.17. The van der Waals surface area contributed by atoms with E-state index in [1.54, 1.807) is 4.68 Å². The second-order valence-electron chi connectivity index (χ2n) is 6.40. The number of rotatable bonds is 5. The molecule has 26 heavy (non-hydrogen) atoms. The van der Waals surface area contributed by atoms with E-state index in [4.69, 9.17) is 9.98 Å². The van der Waals surface area contributed by atoms with E-state index in [0.29, 0.717) is 19.4 Å². The molecule has 8 nitrogen and oxygen atoms in total. The smallest absolute Gasteiger partial charge is 0.174 e. The summed E-state index contributed by atoms with van der Waals surface area (Å²) in [6.07, 6.45) is 7.35. The molecule has 0 radical (unpaired) electrons. The number of anilines is 1. The Kier molecular flexibility index (Phi) is 4.56. The highest BCUT2D eigenvalue weighted by atomic mass is 32.1. The lowest BCUT2D eigenvalue weighted by molar-refractivity contribution is 0.288. The van der Waals surface area contributed by atoms with Gasteiger partial charge in [0.25, 0.3) is 0 Å². The summed E-state index contributed by atoms with van der Waals surface area (Å²) in [5, 5.41) is 17.8. The minimum atomic E-state index is 0.110. The lowest BCUT2D eigenvalue weighted by Gasteiger charge is -2.28. The molecule has 9 heteroatoms. The third kappa shape index (κ3) is 3.27. The Morgan fingerprint density at radius 2 is 2.31 bits per heavy atom. The molecule has 4 rings (SSSR count). The van der Waals surface area contributed by atoms with Crippen LogP contribution < -0.4 is 5.32 Å². The molecule has 2 aliphatic rings. The molecule has 0 saturated heterocycles. The van der Waals surface area contributed by atoms with Crippen LogP contribution in [0.3, 0.4) is 0 Å². The van der Waals surface area contributed by atoms with Gasteiger partial charge in [0.15, 0.2) is 11.7 Å². The Morgan fingerprint density at radius 1 is 1.42 bits per heavy atom. The number of aliphatic imine (C=N–C) groups is 2. The number of aliphatic hydroxyl groups is 1. The van der Waals surface area contributed by atoms with E-state index in [9.17, 15) is 5.11 Å². The van der Waals surface area contributed by atoms with Crippen LogP contribution in [0.4, 0.5) is 5.00 Å². The minimum absolute atomic E-state index is 0.110. The van der Waals surface area contributed by atoms with Crippen LogP contribution in [0, 0.1) is 6.92 Å². The first-order valence-electron chi connectivity index (χ1n) is 8.56. The van der Waals surface area contributed by atoms with Gasteiger partial charge < -0.3 is 15.3 Å². The van der Waals surface area contributed by atoms with Gasteiger partial charge >= 0.3 is 0 Å². The lowest BCUT2D eigenvalue weighted by atomic mass is 10.1. The van der Waals surface area contributed by atoms with Crippen LogP contribution >= 0.6 is 11.5 Å². The summed E-state index contributed by atoms with van der Waals surface area (Å²) in [6, 6.07) is 2.11. The number of nitrogens with one attached hydrogen (secondary N) is 1. The molecule has 0 aliphatic carbocycles. The molecule has 1 unspecified atom stereocenters. The van der Waals surface area contributed by atoms with Gasteiger partial charge in [-0.05, 0) is 37.4 Å². The molecular formula is C17H21N7OS. The van der Waals surface area contributed by atoms with Crippen molar-refractivity contribution in [1.82, 2.24) is 19.1 Å². The van der Waals surface area contributed by atoms with E-state index < -0.39 is 0 Å². The minimum Gasteiger partial charge on any atom is -0.396 e. The fourth-order valence-corrected chi connectivity index (χ4v) is 3.76. The van der Waals surface area contributed by atoms with Gasteiger partial charge in [0.1, 0.15) is 5.00 Å². The number of aromatic nitrogens is 3. The molecule has 2 aromatic rings. The largest absolute Gasteiger partial charge is 0.396 e. The van der Waals surface area contributed by atoms with Crippen molar-refractivity contribution in [1.29, 1.82) is 0 Å². The molecule has 2 aliphatic heterocycles. The second-order valence-corrected chi connectivity index (χ2v) is 7.21. The summed E-state index contributed by atoms with van der Waals surface area (Å²) >= 11 is 1.41. The van der Waals surface area contributed by atoms with E-state index in [1.165, 1.54) is 11.5 Å². The van der Waals surface area contributed by atoms with E-state index >= 15 is 0 Å². The highest BCUT2D eigenvalue weighted by Gasteiger charge is 2.34. The first-order chi connectivity index (χ1) is 12.6. The molecule has 136 valence electrons. The number of aliphatic hydroxyl groups excluding tert-OH is 1. The van der Waals surface area contributed by atoms with Gasteiger partial charge in [-0.15, -0.1) is 0 Å². The number of nitrogens with zero attached hydrogens (tertiary/aromatic N) is 6. The third-order valence-corrected chi connectivity index (χ3v) is 5.12. The predicted octanol–water partition coefficient (Wildman–Crippen LogP) is 2.08. The Bertz CT molecular complexity index is 895. The molecular weight excluding hydrogens is 350 g/mol. The molecule has 1 atom stereocenters. The standard InChI is InChI=1S/C17H21N7OS/c1-11-6-15(26-22-11)21-16-17-18-8-14(12-7-19-23(2)9-12)24(17)10-13(20-16)4-3-5-25/h6-7,9-10,14,25H,3-5,8H2,1-2H3,(H,20,21). The van der Waals surface area contributed by atoms with E-state index in [-0.39, 0.29) is 12.6 Å². The Labute approximate surface area is 155 Å². The van der Waals surface area contributed by atoms with Gasteiger partial charge in [0, 0.05) is 31.6 Å². The summed E-state index contributed by atoms with van der Waals surface area (Å²) in [5.41, 5.74) is 3.03. The van der Waals surface area contributed by atoms with E-state index in [2.05, 4.69) is 19.7 Å². The molecule has 0 spiro atoms. The van der Waals surface area contributed by atoms with Crippen LogP contribution in [0.5, 0.6) is 0 Å². The summed E-state index contributed by atoms with van der Waals surface area (Å²) in [5.74, 6) is 1.56. The van der Waals surface area contributed by atoms with Crippen molar-refractivity contribution in [3.63, 3.8) is 0 Å². The number of hydrogen-bond acceptors (Lipinski definition) is 8. The van der Waals surface area contributed by atoms with Crippen LogP contribution in [0.15, 0.2) is 40.3 Å². The second kappa shape index (κ2) is 7.00. The van der Waals surface area contributed by atoms with Crippen LogP contribution in [-0.2, 0) is 7.05 Å². The molecule has 4 heterocycles. The first kappa shape index (κ1) is 16.9. The highest BCUT2D eigenvalue weighted by molar-refractivity contribution is 7.10. The number of fused-ring (bicyclic) bond motifs is 1. The quantitative estimate of drug-likeness (QED) is 0.840. The zero-order chi connectivity index (χ0) is 18.1. The van der Waals surface area contributed by atoms with Crippen molar-refractivity contribution in [2.45, 2.75) is 25.8 Å². The maximum Gasteiger partial charge on any atom is 0.174 e. The molecule has 0 bridgehead atoms. The number of hydrogen-bond donors (Lipinski definition) is 2. The monoisotopic (exact) mass is 371 g/mol. The average Bonchev–Trinajstić information content (AvgIpc) is 3.33. The predicted molar refractivity (Wildman–Crippen MR) is 102 cm³/mol. The Morgan fingerprint density at radius 3 is 3.00 bits per heavy atom. The first-order valence-corrected chi connectivity index (χ1v) is 9.33. The fourth-order valence-electron chi connectivity index (χ4n) is 3.10. The summed E-state index contributed by atoms with van der Waals surface area (Å²) in [7, 11) is 1.92. The topological polar surface area (TPSA) is 90.9 Å². The fraction of sp³-hybridized carbons (Fsp3) is 0.412. The van der Waals surface area contributed by atoms with Crippen LogP contribution in [0.25, 0.3) is 0 Å². The molecule has 2 N–H and O–H groups in total. The Balaban J connectivity index is 1.63. The molecule has 0 saturated carbocycles. The number of allylic oxidation sites excluding steroid dienone is 1. The van der Waals surface area contributed by atoms with Crippen molar-refractivity contribution in [2.24, 2.45) is 17.0 Å². The third-order valence-electron chi connectivity index (χ3n) is 4.32. The van der Waals surface area contributed by atoms with Crippen LogP contribution in [0.2, 0.25) is 0 Å². The maximum atomic E-state index is 9.17. The van der Waals surface area contributed by atoms with Gasteiger partial charge in [0.05, 0.1) is 30.2 Å². The van der Waals surface area contributed by atoms with Crippen molar-refractivity contribution >= 4 is 28.2 Å². The van der Waals surface area contributed by atoms with Crippen molar-refractivity contribution in [2.75, 3.05) is 18.5 Å². The summed E-state index contributed by atoms with van der Waals surface area (Å²) in [4.78, 5) is 11.6. The van der Waals surface area contributed by atoms with Crippen molar-refractivity contribution in [3.05, 3.63) is 41.6 Å². The van der Waals surface area contributed by atoms with Gasteiger partial charge in [-0.3, -0.25) is 9.67 Å². The molecule has 0 aromatic carbocycles. The normalized spacial score (nSPS) is 19.1. The van der Waals surface area contributed by atoms with Crippen LogP contribution in [0.1, 0.15) is 30.1 Å². The molecule has 2 aromatic heterocycles. The van der Waals surface area contributed by atoms with Gasteiger partial charge in [0.2, 0.25) is 0 Å².